The van der Waals surface area contributed by atoms with Crippen LogP contribution in [0, 0.1) is 25.7 Å². The first-order valence-corrected chi connectivity index (χ1v) is 23.9. The summed E-state index contributed by atoms with van der Waals surface area (Å²) in [5, 5.41) is 0. The first-order valence-electron chi connectivity index (χ1n) is 23.5. The summed E-state index contributed by atoms with van der Waals surface area (Å²) in [6, 6.07) is 33.1. The summed E-state index contributed by atoms with van der Waals surface area (Å²) in [5.74, 6) is 1.52. The molecule has 4 aromatic rings. The van der Waals surface area contributed by atoms with Gasteiger partial charge in [-0.25, -0.2) is 0 Å². The highest BCUT2D eigenvalue weighted by Gasteiger charge is 2.25. The van der Waals surface area contributed by atoms with Gasteiger partial charge in [0.1, 0.15) is 0 Å². The van der Waals surface area contributed by atoms with Crippen molar-refractivity contribution in [2.75, 3.05) is 0 Å². The average molecular weight is 859 g/mol. The Morgan fingerprint density at radius 1 is 0.581 bits per heavy atom. The maximum Gasteiger partial charge on any atom is 0.0143 e. The normalized spacial score (nSPS) is 10.8. The van der Waals surface area contributed by atoms with Crippen LogP contribution < -0.4 is 0 Å². The Kier molecular flexibility index (Phi) is 35.5. The monoisotopic (exact) mass is 859 g/mol. The molecule has 0 heterocycles. The van der Waals surface area contributed by atoms with Crippen molar-refractivity contribution < 1.29 is 0 Å². The maximum absolute atomic E-state index is 4.53. The number of allylic oxidation sites excluding steroid dienone is 5. The fourth-order valence-electron chi connectivity index (χ4n) is 6.87. The molecule has 0 saturated heterocycles. The number of rotatable bonds is 14. The minimum absolute atomic E-state index is 0.0555. The molecule has 0 aliphatic rings. The Morgan fingerprint density at radius 2 is 0.968 bits per heavy atom. The number of hydrogen-bond acceptors (Lipinski definition) is 1. The van der Waals surface area contributed by atoms with Gasteiger partial charge in [0.25, 0.3) is 0 Å². The van der Waals surface area contributed by atoms with Crippen molar-refractivity contribution in [2.24, 2.45) is 11.8 Å². The Morgan fingerprint density at radius 3 is 1.35 bits per heavy atom. The predicted octanol–water partition coefficient (Wildman–Crippen LogP) is 19.2. The van der Waals surface area contributed by atoms with Crippen LogP contribution in [0.2, 0.25) is 0 Å². The van der Waals surface area contributed by atoms with Gasteiger partial charge in [-0.3, -0.25) is 0 Å². The third kappa shape index (κ3) is 24.0. The van der Waals surface area contributed by atoms with E-state index in [0.717, 1.165) is 22.3 Å². The van der Waals surface area contributed by atoms with Crippen molar-refractivity contribution in [3.8, 4) is 0 Å². The highest BCUT2D eigenvalue weighted by molar-refractivity contribution is 7.80. The molecule has 0 aromatic heterocycles. The minimum Gasteiger partial charge on any atom is -0.143 e. The Balaban J connectivity index is -0.000000856. The molecule has 0 saturated carbocycles. The third-order valence-electron chi connectivity index (χ3n) is 10.6. The molecule has 1 heteroatoms. The van der Waals surface area contributed by atoms with Crippen LogP contribution >= 0.6 is 12.6 Å². The predicted molar refractivity (Wildman–Crippen MR) is 291 cm³/mol. The van der Waals surface area contributed by atoms with Gasteiger partial charge in [-0.1, -0.05) is 219 Å². The molecule has 4 rings (SSSR count). The van der Waals surface area contributed by atoms with E-state index in [-0.39, 0.29) is 10.8 Å². The van der Waals surface area contributed by atoms with Crippen molar-refractivity contribution in [3.63, 3.8) is 0 Å². The van der Waals surface area contributed by atoms with E-state index in [0.29, 0.717) is 0 Å². The summed E-state index contributed by atoms with van der Waals surface area (Å²) in [6.45, 7) is 53.4. The Labute approximate surface area is 392 Å². The van der Waals surface area contributed by atoms with Crippen molar-refractivity contribution >= 4 is 12.6 Å². The van der Waals surface area contributed by atoms with E-state index in [2.05, 4.69) is 245 Å². The number of aryl methyl sites for hydroxylation is 4. The van der Waals surface area contributed by atoms with Gasteiger partial charge in [0.05, 0.1) is 0 Å². The van der Waals surface area contributed by atoms with Gasteiger partial charge in [0, 0.05) is 15.7 Å². The number of hydrogen-bond donors (Lipinski definition) is 1. The zero-order chi connectivity index (χ0) is 48.5. The molecule has 0 aliphatic heterocycles. The molecule has 4 aromatic carbocycles. The third-order valence-corrected chi connectivity index (χ3v) is 10.8. The quantitative estimate of drug-likeness (QED) is 0.0729. The molecule has 0 unspecified atom stereocenters. The van der Waals surface area contributed by atoms with Gasteiger partial charge in [0.15, 0.2) is 0 Å². The van der Waals surface area contributed by atoms with Crippen LogP contribution in [-0.4, -0.2) is 0 Å². The molecular formula is C61H94S. The van der Waals surface area contributed by atoms with Gasteiger partial charge in [-0.05, 0) is 121 Å². The molecule has 0 radical (unpaired) electrons. The molecule has 0 spiro atoms. The molecule has 0 N–H and O–H groups in total. The SMILES string of the molecule is C=C.C=C.C=C(/C=C/C=C(/C)C(C)(C)c1cc(S)ccc1C)C(C)(C)c1ccccc1C.CC.CC.CCCc1ccc(CC(C)C)cc1.CCCc1ccc(CC(C)C)cc1. The van der Waals surface area contributed by atoms with E-state index in [4.69, 9.17) is 0 Å². The van der Waals surface area contributed by atoms with E-state index in [1.165, 1.54) is 88.6 Å². The molecule has 0 bridgehead atoms. The first-order chi connectivity index (χ1) is 29.4. The van der Waals surface area contributed by atoms with Gasteiger partial charge in [-0.15, -0.1) is 38.9 Å². The summed E-state index contributed by atoms with van der Waals surface area (Å²) >= 11 is 4.53. The van der Waals surface area contributed by atoms with Crippen molar-refractivity contribution in [1.29, 1.82) is 0 Å². The van der Waals surface area contributed by atoms with Gasteiger partial charge < -0.3 is 0 Å². The van der Waals surface area contributed by atoms with E-state index in [9.17, 15) is 0 Å². The summed E-state index contributed by atoms with van der Waals surface area (Å²) < 4.78 is 0. The van der Waals surface area contributed by atoms with Crippen molar-refractivity contribution in [2.45, 2.75) is 172 Å². The molecule has 344 valence electrons. The molecule has 0 nitrogen and oxygen atoms in total. The molecule has 0 fully saturated rings. The zero-order valence-electron chi connectivity index (χ0n) is 43.3. The van der Waals surface area contributed by atoms with Gasteiger partial charge in [0.2, 0.25) is 0 Å². The summed E-state index contributed by atoms with van der Waals surface area (Å²) in [7, 11) is 0. The Bertz CT molecular complexity index is 1730. The standard InChI is InChI=1S/C27H34S.2C13H20.2C2H6.2C2H4/c1-19-12-9-10-15-24(19)26(5,6)21(3)13-11-14-22(4)27(7,8)25-18-23(28)17-16-20(25)2;2*1-4-5-12-6-8-13(9-7-12)10-11(2)3;4*1-2/h9-18,28H,3H2,1-2,4-8H3;2*6-9,11H,4-5,10H2,1-3H3;2*1-2H3;2*1-2H2/b13-11+,22-14-;;;;;;. The largest absolute Gasteiger partial charge is 0.143 e. The maximum atomic E-state index is 4.53. The Hall–Kier alpha value is -4.07. The minimum atomic E-state index is -0.101. The first kappa shape index (κ1) is 62.2. The fraction of sp³-hybridized carbons (Fsp3) is 0.443. The summed E-state index contributed by atoms with van der Waals surface area (Å²) in [4.78, 5) is 1.00. The average Bonchev–Trinajstić information content (AvgIpc) is 3.26. The highest BCUT2D eigenvalue weighted by Crippen LogP contribution is 2.36. The van der Waals surface area contributed by atoms with E-state index < -0.39 is 0 Å². The second-order valence-corrected chi connectivity index (χ2v) is 17.6. The number of benzene rings is 4. The summed E-state index contributed by atoms with van der Waals surface area (Å²) in [6.07, 6.45) is 13.8. The number of thiol groups is 1. The molecule has 0 amide bonds. The van der Waals surface area contributed by atoms with Crippen molar-refractivity contribution in [1.82, 2.24) is 0 Å². The van der Waals surface area contributed by atoms with Crippen LogP contribution in [0.3, 0.4) is 0 Å². The highest BCUT2D eigenvalue weighted by atomic mass is 32.1. The van der Waals surface area contributed by atoms with Crippen LogP contribution in [0.15, 0.2) is 158 Å². The lowest BCUT2D eigenvalue weighted by atomic mass is 9.75. The van der Waals surface area contributed by atoms with Gasteiger partial charge in [-0.2, -0.15) is 0 Å². The van der Waals surface area contributed by atoms with Crippen LogP contribution in [0.4, 0.5) is 0 Å². The lowest BCUT2D eigenvalue weighted by Crippen LogP contribution is -2.20. The van der Waals surface area contributed by atoms with E-state index in [1.54, 1.807) is 0 Å². The topological polar surface area (TPSA) is 0 Å². The van der Waals surface area contributed by atoms with Crippen LogP contribution in [0.5, 0.6) is 0 Å². The van der Waals surface area contributed by atoms with Crippen molar-refractivity contribution in [3.05, 3.63) is 198 Å². The van der Waals surface area contributed by atoms with Gasteiger partial charge >= 0.3 is 0 Å². The second-order valence-electron chi connectivity index (χ2n) is 17.1. The zero-order valence-corrected chi connectivity index (χ0v) is 44.2. The van der Waals surface area contributed by atoms with Crippen LogP contribution in [-0.2, 0) is 36.5 Å². The fourth-order valence-corrected chi connectivity index (χ4v) is 7.08. The van der Waals surface area contributed by atoms with Crippen LogP contribution in [0.1, 0.15) is 161 Å². The lowest BCUT2D eigenvalue weighted by Gasteiger charge is -2.29. The van der Waals surface area contributed by atoms with Crippen LogP contribution in [0.25, 0.3) is 0 Å². The van der Waals surface area contributed by atoms with E-state index >= 15 is 0 Å². The molecule has 0 aliphatic carbocycles. The molecule has 0 atom stereocenters. The second kappa shape index (κ2) is 35.4. The molecule has 62 heavy (non-hydrogen) atoms. The van der Waals surface area contributed by atoms with E-state index in [1.807, 2.05) is 27.7 Å². The smallest absolute Gasteiger partial charge is 0.0143 e. The lowest BCUT2D eigenvalue weighted by molar-refractivity contribution is 0.617. The summed E-state index contributed by atoms with van der Waals surface area (Å²) in [5.41, 5.74) is 13.4. The molecular weight excluding hydrogens is 765 g/mol.